The molecule has 1 aromatic rings. The van der Waals surface area contributed by atoms with E-state index in [1.165, 1.54) is 12.7 Å². The first-order chi connectivity index (χ1) is 6.45. The molecule has 1 aromatic heterocycles. The Morgan fingerprint density at radius 3 is 2.92 bits per heavy atom. The van der Waals surface area contributed by atoms with Gasteiger partial charge in [-0.15, -0.1) is 0 Å². The van der Waals surface area contributed by atoms with Crippen molar-refractivity contribution in [1.82, 2.24) is 15.3 Å². The third-order valence-corrected chi connectivity index (χ3v) is 2.09. The van der Waals surface area contributed by atoms with Crippen molar-refractivity contribution in [2.45, 2.75) is 18.9 Å². The van der Waals surface area contributed by atoms with Gasteiger partial charge in [-0.05, 0) is 19.4 Å². The van der Waals surface area contributed by atoms with Crippen LogP contribution in [0.4, 0.5) is 0 Å². The second kappa shape index (κ2) is 4.18. The van der Waals surface area contributed by atoms with Gasteiger partial charge in [0.1, 0.15) is 12.4 Å². The third kappa shape index (κ3) is 2.39. The number of hydrogen-bond donors (Lipinski definition) is 1. The average Bonchev–Trinajstić information content (AvgIpc) is 2.21. The van der Waals surface area contributed by atoms with Crippen LogP contribution >= 0.6 is 0 Å². The summed E-state index contributed by atoms with van der Waals surface area (Å²) in [5.74, 6) is 0.760. The number of hydrogen-bond acceptors (Lipinski definition) is 4. The van der Waals surface area contributed by atoms with Gasteiger partial charge >= 0.3 is 0 Å². The van der Waals surface area contributed by atoms with Crippen LogP contribution in [0.25, 0.3) is 0 Å². The first-order valence-corrected chi connectivity index (χ1v) is 4.57. The summed E-state index contributed by atoms with van der Waals surface area (Å²) in [6.07, 6.45) is 7.47. The molecule has 1 unspecified atom stereocenters. The van der Waals surface area contributed by atoms with Crippen LogP contribution in [0, 0.1) is 0 Å². The molecule has 0 amide bonds. The summed E-state index contributed by atoms with van der Waals surface area (Å²) in [6.45, 7) is 2.03. The molecule has 4 nitrogen and oxygen atoms in total. The molecule has 70 valence electrons. The molecular formula is C9H13N3O. The van der Waals surface area contributed by atoms with Crippen molar-refractivity contribution < 1.29 is 4.74 Å². The maximum Gasteiger partial charge on any atom is 0.156 e. The normalized spacial score (nSPS) is 22.6. The Kier molecular flexibility index (Phi) is 2.72. The maximum atomic E-state index is 5.67. The second-order valence-electron chi connectivity index (χ2n) is 3.16. The minimum absolute atomic E-state index is 0.278. The lowest BCUT2D eigenvalue weighted by molar-refractivity contribution is 0.166. The van der Waals surface area contributed by atoms with E-state index < -0.39 is 0 Å². The molecule has 2 rings (SSSR count). The summed E-state index contributed by atoms with van der Waals surface area (Å²) >= 11 is 0. The molecule has 0 aromatic carbocycles. The number of aromatic nitrogens is 2. The summed E-state index contributed by atoms with van der Waals surface area (Å²) in [5.41, 5.74) is 0. The van der Waals surface area contributed by atoms with Crippen LogP contribution in [-0.4, -0.2) is 29.2 Å². The first-order valence-electron chi connectivity index (χ1n) is 4.57. The highest BCUT2D eigenvalue weighted by Crippen LogP contribution is 2.12. The van der Waals surface area contributed by atoms with Gasteiger partial charge in [0.05, 0.1) is 12.4 Å². The molecule has 2 heterocycles. The Bertz CT molecular complexity index is 246. The summed E-state index contributed by atoms with van der Waals surface area (Å²) in [4.78, 5) is 7.79. The molecule has 1 N–H and O–H groups in total. The van der Waals surface area contributed by atoms with Gasteiger partial charge in [0.25, 0.3) is 0 Å². The van der Waals surface area contributed by atoms with Crippen molar-refractivity contribution in [3.8, 4) is 5.75 Å². The zero-order valence-corrected chi connectivity index (χ0v) is 7.44. The minimum atomic E-state index is 0.278. The molecule has 1 aliphatic heterocycles. The van der Waals surface area contributed by atoms with Crippen LogP contribution in [-0.2, 0) is 0 Å². The maximum absolute atomic E-state index is 5.67. The van der Waals surface area contributed by atoms with Crippen LogP contribution in [0.2, 0.25) is 0 Å². The first kappa shape index (κ1) is 8.44. The Hall–Kier alpha value is -1.16. The van der Waals surface area contributed by atoms with E-state index in [0.717, 1.165) is 25.3 Å². The van der Waals surface area contributed by atoms with Crippen LogP contribution in [0.5, 0.6) is 5.75 Å². The lowest BCUT2D eigenvalue weighted by atomic mass is 10.1. The van der Waals surface area contributed by atoms with Crippen LogP contribution < -0.4 is 10.1 Å². The van der Waals surface area contributed by atoms with E-state index in [4.69, 9.17) is 4.74 Å². The van der Waals surface area contributed by atoms with Gasteiger partial charge in [-0.25, -0.2) is 9.97 Å². The van der Waals surface area contributed by atoms with Crippen molar-refractivity contribution in [2.24, 2.45) is 0 Å². The lowest BCUT2D eigenvalue weighted by Gasteiger charge is -2.23. The van der Waals surface area contributed by atoms with Gasteiger partial charge in [0.2, 0.25) is 0 Å². The summed E-state index contributed by atoms with van der Waals surface area (Å²) in [7, 11) is 0. The largest absolute Gasteiger partial charge is 0.486 e. The molecule has 0 bridgehead atoms. The topological polar surface area (TPSA) is 47.0 Å². The molecule has 1 saturated heterocycles. The van der Waals surface area contributed by atoms with E-state index in [9.17, 15) is 0 Å². The zero-order valence-electron chi connectivity index (χ0n) is 7.44. The second-order valence-corrected chi connectivity index (χ2v) is 3.16. The SMILES string of the molecule is c1ncc(OC2CCCNC2)cn1. The highest BCUT2D eigenvalue weighted by molar-refractivity contribution is 5.10. The molecule has 4 heteroatoms. The standard InChI is InChI=1S/C9H13N3O/c1-2-8(4-10-3-1)13-9-5-11-7-12-6-9/h5-8,10H,1-4H2. The summed E-state index contributed by atoms with van der Waals surface area (Å²) in [5, 5.41) is 3.29. The molecule has 1 aliphatic rings. The Morgan fingerprint density at radius 2 is 2.23 bits per heavy atom. The van der Waals surface area contributed by atoms with E-state index in [0.29, 0.717) is 0 Å². The average molecular weight is 179 g/mol. The van der Waals surface area contributed by atoms with Gasteiger partial charge in [0.15, 0.2) is 5.75 Å². The van der Waals surface area contributed by atoms with Gasteiger partial charge < -0.3 is 10.1 Å². The highest BCUT2D eigenvalue weighted by atomic mass is 16.5. The van der Waals surface area contributed by atoms with Gasteiger partial charge in [0, 0.05) is 6.54 Å². The Balaban J connectivity index is 1.90. The predicted molar refractivity (Wildman–Crippen MR) is 48.6 cm³/mol. The van der Waals surface area contributed by atoms with Crippen molar-refractivity contribution in [3.05, 3.63) is 18.7 Å². The fourth-order valence-electron chi connectivity index (χ4n) is 1.46. The van der Waals surface area contributed by atoms with Gasteiger partial charge in [-0.2, -0.15) is 0 Å². The number of ether oxygens (including phenoxy) is 1. The zero-order chi connectivity index (χ0) is 8.93. The quantitative estimate of drug-likeness (QED) is 0.722. The number of nitrogens with zero attached hydrogens (tertiary/aromatic N) is 2. The van der Waals surface area contributed by atoms with Crippen molar-refractivity contribution in [2.75, 3.05) is 13.1 Å². The van der Waals surface area contributed by atoms with Crippen molar-refractivity contribution in [1.29, 1.82) is 0 Å². The van der Waals surface area contributed by atoms with Crippen molar-refractivity contribution in [3.63, 3.8) is 0 Å². The predicted octanol–water partition coefficient (Wildman–Crippen LogP) is 0.607. The fraction of sp³-hybridized carbons (Fsp3) is 0.556. The highest BCUT2D eigenvalue weighted by Gasteiger charge is 2.13. The smallest absolute Gasteiger partial charge is 0.156 e. The van der Waals surface area contributed by atoms with E-state index in [1.807, 2.05) is 0 Å². The van der Waals surface area contributed by atoms with Crippen molar-refractivity contribution >= 4 is 0 Å². The molecular weight excluding hydrogens is 166 g/mol. The third-order valence-electron chi connectivity index (χ3n) is 2.09. The van der Waals surface area contributed by atoms with Gasteiger partial charge in [-0.3, -0.25) is 0 Å². The Labute approximate surface area is 77.4 Å². The molecule has 0 aliphatic carbocycles. The number of piperidine rings is 1. The number of rotatable bonds is 2. The van der Waals surface area contributed by atoms with Crippen LogP contribution in [0.1, 0.15) is 12.8 Å². The minimum Gasteiger partial charge on any atom is -0.486 e. The van der Waals surface area contributed by atoms with E-state index in [-0.39, 0.29) is 6.10 Å². The fourth-order valence-corrected chi connectivity index (χ4v) is 1.46. The molecule has 13 heavy (non-hydrogen) atoms. The summed E-state index contributed by atoms with van der Waals surface area (Å²) < 4.78 is 5.67. The lowest BCUT2D eigenvalue weighted by Crippen LogP contribution is -2.37. The molecule has 0 saturated carbocycles. The van der Waals surface area contributed by atoms with Gasteiger partial charge in [-0.1, -0.05) is 0 Å². The molecule has 1 fully saturated rings. The van der Waals surface area contributed by atoms with E-state index in [2.05, 4.69) is 15.3 Å². The monoisotopic (exact) mass is 179 g/mol. The van der Waals surface area contributed by atoms with E-state index >= 15 is 0 Å². The molecule has 0 spiro atoms. The molecule has 0 radical (unpaired) electrons. The number of nitrogens with one attached hydrogen (secondary N) is 1. The summed E-state index contributed by atoms with van der Waals surface area (Å²) in [6, 6.07) is 0. The van der Waals surface area contributed by atoms with Crippen LogP contribution in [0.15, 0.2) is 18.7 Å². The van der Waals surface area contributed by atoms with E-state index in [1.54, 1.807) is 12.4 Å². The Morgan fingerprint density at radius 1 is 1.38 bits per heavy atom. The molecule has 1 atom stereocenters. The van der Waals surface area contributed by atoms with Crippen LogP contribution in [0.3, 0.4) is 0 Å².